The second-order valence-corrected chi connectivity index (χ2v) is 9.15. The van der Waals surface area contributed by atoms with E-state index in [1.54, 1.807) is 9.42 Å². The standard InChI is InChI=1S/C21H25ClF3N5O3/c1-12-11-13(2)30-17(26-12)15(22)16(27-30)18(31)29-8-4-5-20(29)6-9-28(10-7-20)19(32)33-14(3)21(23,24)25/h11,14H,4-10H2,1-3H3. The number of hydrogen-bond acceptors (Lipinski definition) is 5. The van der Waals surface area contributed by atoms with E-state index in [4.69, 9.17) is 11.6 Å². The third-order valence-electron chi connectivity index (χ3n) is 6.57. The van der Waals surface area contributed by atoms with Crippen molar-refractivity contribution in [2.24, 2.45) is 0 Å². The lowest BCUT2D eigenvalue weighted by molar-refractivity contribution is -0.200. The predicted octanol–water partition coefficient (Wildman–Crippen LogP) is 4.16. The van der Waals surface area contributed by atoms with Crippen molar-refractivity contribution < 1.29 is 27.5 Å². The van der Waals surface area contributed by atoms with Crippen molar-refractivity contribution in [1.29, 1.82) is 0 Å². The summed E-state index contributed by atoms with van der Waals surface area (Å²) in [4.78, 5) is 33.1. The molecule has 1 spiro atoms. The highest BCUT2D eigenvalue weighted by atomic mass is 35.5. The smallest absolute Gasteiger partial charge is 0.425 e. The van der Waals surface area contributed by atoms with Crippen LogP contribution in [0.15, 0.2) is 6.07 Å². The molecule has 0 aromatic carbocycles. The second-order valence-electron chi connectivity index (χ2n) is 8.78. The average Bonchev–Trinajstić information content (AvgIpc) is 3.29. The largest absolute Gasteiger partial charge is 0.437 e. The quantitative estimate of drug-likeness (QED) is 0.635. The lowest BCUT2D eigenvalue weighted by Crippen LogP contribution is -2.55. The van der Waals surface area contributed by atoms with E-state index in [1.807, 2.05) is 19.9 Å². The molecule has 2 aromatic heterocycles. The number of carbonyl (C=O) groups excluding carboxylic acids is 2. The van der Waals surface area contributed by atoms with Gasteiger partial charge >= 0.3 is 12.3 Å². The molecular formula is C21H25ClF3N5O3. The van der Waals surface area contributed by atoms with Crippen LogP contribution < -0.4 is 0 Å². The van der Waals surface area contributed by atoms with Gasteiger partial charge in [0.05, 0.1) is 0 Å². The summed E-state index contributed by atoms with van der Waals surface area (Å²) >= 11 is 6.50. The van der Waals surface area contributed by atoms with Gasteiger partial charge in [0.15, 0.2) is 17.4 Å². The minimum Gasteiger partial charge on any atom is -0.437 e. The second kappa shape index (κ2) is 8.34. The van der Waals surface area contributed by atoms with E-state index in [2.05, 4.69) is 14.8 Å². The Morgan fingerprint density at radius 3 is 2.48 bits per heavy atom. The van der Waals surface area contributed by atoms with Crippen LogP contribution in [0.5, 0.6) is 0 Å². The van der Waals surface area contributed by atoms with Crippen LogP contribution in [0.25, 0.3) is 5.65 Å². The van der Waals surface area contributed by atoms with Crippen LogP contribution in [0.2, 0.25) is 5.02 Å². The number of alkyl halides is 3. The molecule has 2 saturated heterocycles. The normalized spacial score (nSPS) is 19.4. The van der Waals surface area contributed by atoms with Gasteiger partial charge in [-0.3, -0.25) is 4.79 Å². The van der Waals surface area contributed by atoms with Crippen LogP contribution in [0.1, 0.15) is 54.5 Å². The Bertz CT molecular complexity index is 1090. The molecule has 2 aliphatic rings. The number of fused-ring (bicyclic) bond motifs is 1. The zero-order valence-electron chi connectivity index (χ0n) is 18.6. The number of rotatable bonds is 2. The number of hydrogen-bond donors (Lipinski definition) is 0. The molecule has 4 heterocycles. The molecule has 0 N–H and O–H groups in total. The highest BCUT2D eigenvalue weighted by molar-refractivity contribution is 6.36. The van der Waals surface area contributed by atoms with E-state index >= 15 is 0 Å². The van der Waals surface area contributed by atoms with E-state index in [1.165, 1.54) is 4.90 Å². The summed E-state index contributed by atoms with van der Waals surface area (Å²) in [5.74, 6) is -0.304. The Labute approximate surface area is 193 Å². The van der Waals surface area contributed by atoms with Gasteiger partial charge in [-0.1, -0.05) is 11.6 Å². The molecule has 180 valence electrons. The van der Waals surface area contributed by atoms with E-state index in [9.17, 15) is 22.8 Å². The minimum atomic E-state index is -4.61. The van der Waals surface area contributed by atoms with Gasteiger partial charge < -0.3 is 14.5 Å². The van der Waals surface area contributed by atoms with Gasteiger partial charge in [0.2, 0.25) is 0 Å². The fourth-order valence-electron chi connectivity index (χ4n) is 4.73. The molecule has 0 bridgehead atoms. The van der Waals surface area contributed by atoms with E-state index < -0.39 is 23.9 Å². The molecule has 2 fully saturated rings. The van der Waals surface area contributed by atoms with Crippen LogP contribution in [-0.2, 0) is 4.74 Å². The fourth-order valence-corrected chi connectivity index (χ4v) is 4.97. The van der Waals surface area contributed by atoms with Gasteiger partial charge in [-0.15, -0.1) is 0 Å². The Kier molecular flexibility index (Phi) is 5.96. The third-order valence-corrected chi connectivity index (χ3v) is 6.92. The van der Waals surface area contributed by atoms with Crippen LogP contribution >= 0.6 is 11.6 Å². The third kappa shape index (κ3) is 4.22. The summed E-state index contributed by atoms with van der Waals surface area (Å²) in [6, 6.07) is 1.84. The molecule has 1 unspecified atom stereocenters. The monoisotopic (exact) mass is 487 g/mol. The average molecular weight is 488 g/mol. The SMILES string of the molecule is Cc1cc(C)n2nc(C(=O)N3CCCC34CCN(C(=O)OC(C)C(F)(F)F)CC4)c(Cl)c2n1. The lowest BCUT2D eigenvalue weighted by Gasteiger charge is -2.44. The zero-order chi connectivity index (χ0) is 24.1. The number of halogens is 4. The van der Waals surface area contributed by atoms with Crippen LogP contribution in [0.3, 0.4) is 0 Å². The van der Waals surface area contributed by atoms with E-state index in [-0.39, 0.29) is 29.7 Å². The Balaban J connectivity index is 1.50. The number of aromatic nitrogens is 3. The molecule has 0 saturated carbocycles. The van der Waals surface area contributed by atoms with Gasteiger partial charge in [0.25, 0.3) is 5.91 Å². The van der Waals surface area contributed by atoms with Gasteiger partial charge in [-0.25, -0.2) is 14.3 Å². The van der Waals surface area contributed by atoms with Crippen LogP contribution in [-0.4, -0.2) is 73.9 Å². The van der Waals surface area contributed by atoms with E-state index in [0.717, 1.165) is 31.2 Å². The lowest BCUT2D eigenvalue weighted by atomic mass is 9.85. The maximum absolute atomic E-state index is 13.5. The number of carbonyl (C=O) groups is 2. The number of ether oxygens (including phenoxy) is 1. The number of amides is 2. The summed E-state index contributed by atoms with van der Waals surface area (Å²) in [6.07, 6.45) is -5.38. The van der Waals surface area contributed by atoms with Gasteiger partial charge in [-0.2, -0.15) is 18.3 Å². The van der Waals surface area contributed by atoms with Crippen LogP contribution in [0, 0.1) is 13.8 Å². The first-order valence-corrected chi connectivity index (χ1v) is 11.2. The topological polar surface area (TPSA) is 80.0 Å². The van der Waals surface area contributed by atoms with E-state index in [0.29, 0.717) is 25.0 Å². The Hall–Kier alpha value is -2.56. The maximum Gasteiger partial charge on any atom is 0.425 e. The molecule has 0 aliphatic carbocycles. The fraction of sp³-hybridized carbons (Fsp3) is 0.619. The highest BCUT2D eigenvalue weighted by Crippen LogP contribution is 2.40. The van der Waals surface area contributed by atoms with Crippen molar-refractivity contribution in [3.05, 3.63) is 28.2 Å². The zero-order valence-corrected chi connectivity index (χ0v) is 19.3. The summed E-state index contributed by atoms with van der Waals surface area (Å²) < 4.78 is 44.2. The number of aryl methyl sites for hydroxylation is 2. The number of piperidine rings is 1. The van der Waals surface area contributed by atoms with Crippen molar-refractivity contribution in [1.82, 2.24) is 24.4 Å². The van der Waals surface area contributed by atoms with Gasteiger partial charge in [-0.05, 0) is 52.5 Å². The molecule has 1 atom stereocenters. The minimum absolute atomic E-state index is 0.125. The van der Waals surface area contributed by atoms with Crippen molar-refractivity contribution in [3.8, 4) is 0 Å². The molecule has 2 aromatic rings. The first kappa shape index (κ1) is 23.6. The van der Waals surface area contributed by atoms with Gasteiger partial charge in [0, 0.05) is 36.6 Å². The highest BCUT2D eigenvalue weighted by Gasteiger charge is 2.48. The van der Waals surface area contributed by atoms with Gasteiger partial charge in [0.1, 0.15) is 5.02 Å². The predicted molar refractivity (Wildman–Crippen MR) is 113 cm³/mol. The summed E-state index contributed by atoms with van der Waals surface area (Å²) in [5, 5.41) is 4.60. The first-order chi connectivity index (χ1) is 15.4. The first-order valence-electron chi connectivity index (χ1n) is 10.8. The summed E-state index contributed by atoms with van der Waals surface area (Å²) in [5.41, 5.74) is 1.61. The number of likely N-dealkylation sites (tertiary alicyclic amines) is 2. The summed E-state index contributed by atoms with van der Waals surface area (Å²) in [6.45, 7) is 5.41. The summed E-state index contributed by atoms with van der Waals surface area (Å²) in [7, 11) is 0. The van der Waals surface area contributed by atoms with Crippen molar-refractivity contribution >= 4 is 29.2 Å². The molecular weight excluding hydrogens is 463 g/mol. The molecule has 2 aliphatic heterocycles. The van der Waals surface area contributed by atoms with Crippen molar-refractivity contribution in [2.75, 3.05) is 19.6 Å². The number of nitrogens with zero attached hydrogens (tertiary/aromatic N) is 5. The molecule has 4 rings (SSSR count). The van der Waals surface area contributed by atoms with Crippen molar-refractivity contribution in [3.63, 3.8) is 0 Å². The Morgan fingerprint density at radius 2 is 1.85 bits per heavy atom. The molecule has 0 radical (unpaired) electrons. The molecule has 2 amide bonds. The van der Waals surface area contributed by atoms with Crippen LogP contribution in [0.4, 0.5) is 18.0 Å². The molecule has 12 heteroatoms. The molecule has 33 heavy (non-hydrogen) atoms. The maximum atomic E-state index is 13.5. The Morgan fingerprint density at radius 1 is 1.18 bits per heavy atom. The van der Waals surface area contributed by atoms with Crippen molar-refractivity contribution in [2.45, 2.75) is 64.3 Å². The molecule has 8 nitrogen and oxygen atoms in total.